The third kappa shape index (κ3) is 12.3. The molecule has 1 aromatic rings. The molecule has 0 atom stereocenters. The van der Waals surface area contributed by atoms with Crippen molar-refractivity contribution < 1.29 is 14.3 Å². The average molecular weight is 262 g/mol. The van der Waals surface area contributed by atoms with E-state index in [0.29, 0.717) is 13.0 Å². The Balaban J connectivity index is 0.000000344. The number of carbonyl (C=O) groups excluding carboxylic acids is 2. The van der Waals surface area contributed by atoms with E-state index in [1.165, 1.54) is 12.5 Å². The molecule has 1 aromatic carbocycles. The molecule has 0 radical (unpaired) electrons. The quantitative estimate of drug-likeness (QED) is 0.464. The smallest absolute Gasteiger partial charge is 0.302 e. The van der Waals surface area contributed by atoms with Crippen LogP contribution in [0.2, 0.25) is 0 Å². The van der Waals surface area contributed by atoms with E-state index >= 15 is 0 Å². The SMILES string of the molecule is CC(=O)OCC=C(C)C.O=CCCc1ccccc1. The van der Waals surface area contributed by atoms with Crippen molar-refractivity contribution in [2.24, 2.45) is 0 Å². The predicted molar refractivity (Wildman–Crippen MR) is 76.9 cm³/mol. The highest BCUT2D eigenvalue weighted by Gasteiger charge is 1.87. The number of aryl methyl sites for hydroxylation is 1. The molecule has 0 unspecified atom stereocenters. The Morgan fingerprint density at radius 2 is 1.79 bits per heavy atom. The van der Waals surface area contributed by atoms with Crippen LogP contribution in [0.25, 0.3) is 0 Å². The zero-order valence-electron chi connectivity index (χ0n) is 11.9. The molecule has 0 spiro atoms. The van der Waals surface area contributed by atoms with Gasteiger partial charge >= 0.3 is 5.97 Å². The molecule has 0 aliphatic carbocycles. The summed E-state index contributed by atoms with van der Waals surface area (Å²) in [5.74, 6) is -0.229. The number of carbonyl (C=O) groups is 2. The molecule has 1 rings (SSSR count). The predicted octanol–water partition coefficient (Wildman–Crippen LogP) is 3.33. The molecule has 0 fully saturated rings. The monoisotopic (exact) mass is 262 g/mol. The van der Waals surface area contributed by atoms with E-state index in [4.69, 9.17) is 0 Å². The number of benzene rings is 1. The fourth-order valence-electron chi connectivity index (χ4n) is 1.20. The zero-order valence-corrected chi connectivity index (χ0v) is 11.9. The molecule has 0 aliphatic heterocycles. The normalized spacial score (nSPS) is 8.79. The van der Waals surface area contributed by atoms with Crippen molar-refractivity contribution in [2.45, 2.75) is 33.6 Å². The summed E-state index contributed by atoms with van der Waals surface area (Å²) in [5.41, 5.74) is 2.39. The van der Waals surface area contributed by atoms with Crippen molar-refractivity contribution in [3.63, 3.8) is 0 Å². The van der Waals surface area contributed by atoms with E-state index in [0.717, 1.165) is 18.3 Å². The highest BCUT2D eigenvalue weighted by Crippen LogP contribution is 2.00. The third-order valence-electron chi connectivity index (χ3n) is 2.17. The fraction of sp³-hybridized carbons (Fsp3) is 0.375. The van der Waals surface area contributed by atoms with Gasteiger partial charge < -0.3 is 9.53 Å². The van der Waals surface area contributed by atoms with E-state index in [2.05, 4.69) is 4.74 Å². The number of esters is 1. The van der Waals surface area contributed by atoms with Crippen molar-refractivity contribution in [1.82, 2.24) is 0 Å². The Morgan fingerprint density at radius 3 is 2.26 bits per heavy atom. The maximum Gasteiger partial charge on any atom is 0.302 e. The van der Waals surface area contributed by atoms with E-state index in [1.54, 1.807) is 0 Å². The Labute approximate surface area is 115 Å². The van der Waals surface area contributed by atoms with Gasteiger partial charge in [-0.15, -0.1) is 0 Å². The molecule has 3 heteroatoms. The van der Waals surface area contributed by atoms with E-state index < -0.39 is 0 Å². The molecule has 0 amide bonds. The summed E-state index contributed by atoms with van der Waals surface area (Å²) in [6, 6.07) is 10.0. The average Bonchev–Trinajstić information content (AvgIpc) is 2.37. The summed E-state index contributed by atoms with van der Waals surface area (Å²) in [7, 11) is 0. The van der Waals surface area contributed by atoms with Crippen LogP contribution in [0.3, 0.4) is 0 Å². The number of aldehydes is 1. The Kier molecular flexibility index (Phi) is 10.1. The lowest BCUT2D eigenvalue weighted by Crippen LogP contribution is -1.97. The van der Waals surface area contributed by atoms with Crippen LogP contribution in [0.5, 0.6) is 0 Å². The molecule has 0 aliphatic rings. The lowest BCUT2D eigenvalue weighted by Gasteiger charge is -1.94. The first-order valence-corrected chi connectivity index (χ1v) is 6.30. The van der Waals surface area contributed by atoms with Crippen LogP contribution in [0.15, 0.2) is 42.0 Å². The zero-order chi connectivity index (χ0) is 14.5. The van der Waals surface area contributed by atoms with Gasteiger partial charge in [-0.25, -0.2) is 0 Å². The second-order valence-electron chi connectivity index (χ2n) is 4.28. The van der Waals surface area contributed by atoms with Crippen LogP contribution < -0.4 is 0 Å². The minimum absolute atomic E-state index is 0.229. The fourth-order valence-corrected chi connectivity index (χ4v) is 1.20. The van der Waals surface area contributed by atoms with Crippen LogP contribution in [0.4, 0.5) is 0 Å². The van der Waals surface area contributed by atoms with Crippen LogP contribution in [-0.4, -0.2) is 18.9 Å². The van der Waals surface area contributed by atoms with Gasteiger partial charge in [-0.2, -0.15) is 0 Å². The molecule has 3 nitrogen and oxygen atoms in total. The van der Waals surface area contributed by atoms with Gasteiger partial charge in [-0.05, 0) is 31.9 Å². The van der Waals surface area contributed by atoms with Gasteiger partial charge in [-0.3, -0.25) is 4.79 Å². The lowest BCUT2D eigenvalue weighted by atomic mass is 10.1. The van der Waals surface area contributed by atoms with Crippen molar-refractivity contribution in [2.75, 3.05) is 6.61 Å². The van der Waals surface area contributed by atoms with Gasteiger partial charge in [0.15, 0.2) is 0 Å². The minimum atomic E-state index is -0.229. The van der Waals surface area contributed by atoms with Crippen LogP contribution >= 0.6 is 0 Å². The molecule has 19 heavy (non-hydrogen) atoms. The second-order valence-corrected chi connectivity index (χ2v) is 4.28. The van der Waals surface area contributed by atoms with Gasteiger partial charge in [0.05, 0.1) is 0 Å². The highest BCUT2D eigenvalue weighted by atomic mass is 16.5. The van der Waals surface area contributed by atoms with Crippen molar-refractivity contribution >= 4 is 12.3 Å². The van der Waals surface area contributed by atoms with Crippen molar-refractivity contribution in [3.05, 3.63) is 47.5 Å². The molecular weight excluding hydrogens is 240 g/mol. The van der Waals surface area contributed by atoms with Gasteiger partial charge in [0.25, 0.3) is 0 Å². The standard InChI is InChI=1S/C9H10O.C7H12O2/c10-8-4-7-9-5-2-1-3-6-9;1-6(2)4-5-9-7(3)8/h1-3,5-6,8H,4,7H2;4H,5H2,1-3H3. The number of rotatable bonds is 5. The molecule has 0 N–H and O–H groups in total. The molecule has 0 bridgehead atoms. The third-order valence-corrected chi connectivity index (χ3v) is 2.17. The van der Waals surface area contributed by atoms with Gasteiger partial charge in [-0.1, -0.05) is 35.9 Å². The number of allylic oxidation sites excluding steroid dienone is 1. The number of hydrogen-bond donors (Lipinski definition) is 0. The van der Waals surface area contributed by atoms with Gasteiger partial charge in [0, 0.05) is 13.3 Å². The van der Waals surface area contributed by atoms with Crippen LogP contribution in [0, 0.1) is 0 Å². The van der Waals surface area contributed by atoms with E-state index in [-0.39, 0.29) is 5.97 Å². The first kappa shape index (κ1) is 17.1. The minimum Gasteiger partial charge on any atom is -0.462 e. The topological polar surface area (TPSA) is 43.4 Å². The van der Waals surface area contributed by atoms with Crippen LogP contribution in [-0.2, 0) is 20.7 Å². The van der Waals surface area contributed by atoms with Crippen LogP contribution in [0.1, 0.15) is 32.8 Å². The molecule has 104 valence electrons. The lowest BCUT2D eigenvalue weighted by molar-refractivity contribution is -0.139. The summed E-state index contributed by atoms with van der Waals surface area (Å²) in [6.07, 6.45) is 4.31. The van der Waals surface area contributed by atoms with Gasteiger partial charge in [0.2, 0.25) is 0 Å². The van der Waals surface area contributed by atoms with Crippen molar-refractivity contribution in [3.8, 4) is 0 Å². The Morgan fingerprint density at radius 1 is 1.16 bits per heavy atom. The summed E-state index contributed by atoms with van der Waals surface area (Å²) < 4.78 is 4.64. The largest absolute Gasteiger partial charge is 0.462 e. The number of ether oxygens (including phenoxy) is 1. The highest BCUT2D eigenvalue weighted by molar-refractivity contribution is 5.66. The first-order chi connectivity index (χ1) is 9.06. The molecular formula is C16H22O3. The first-order valence-electron chi connectivity index (χ1n) is 6.30. The Bertz CT molecular complexity index is 390. The summed E-state index contributed by atoms with van der Waals surface area (Å²) in [5, 5.41) is 0. The molecule has 0 saturated carbocycles. The second kappa shape index (κ2) is 11.2. The summed E-state index contributed by atoms with van der Waals surface area (Å²) >= 11 is 0. The number of hydrogen-bond acceptors (Lipinski definition) is 3. The molecule has 0 aromatic heterocycles. The Hall–Kier alpha value is -1.90. The van der Waals surface area contributed by atoms with E-state index in [9.17, 15) is 9.59 Å². The summed E-state index contributed by atoms with van der Waals surface area (Å²) in [4.78, 5) is 20.2. The maximum absolute atomic E-state index is 10.2. The molecule has 0 saturated heterocycles. The maximum atomic E-state index is 10.2. The van der Waals surface area contributed by atoms with Crippen molar-refractivity contribution in [1.29, 1.82) is 0 Å². The van der Waals surface area contributed by atoms with Gasteiger partial charge in [0.1, 0.15) is 12.9 Å². The summed E-state index contributed by atoms with van der Waals surface area (Å²) in [6.45, 7) is 5.73. The van der Waals surface area contributed by atoms with E-state index in [1.807, 2.05) is 50.3 Å². The molecule has 0 heterocycles.